The summed E-state index contributed by atoms with van der Waals surface area (Å²) in [7, 11) is 0. The lowest BCUT2D eigenvalue weighted by molar-refractivity contribution is 0.172. The second kappa shape index (κ2) is 7.37. The average Bonchev–Trinajstić information content (AvgIpc) is 2.93. The number of likely N-dealkylation sites (tertiary alicyclic amines) is 1. The molecule has 2 aromatic carbocycles. The summed E-state index contributed by atoms with van der Waals surface area (Å²) in [4.78, 5) is 1.84. The zero-order chi connectivity index (χ0) is 18.0. The monoisotopic (exact) mass is 349 g/mol. The number of benzene rings is 2. The highest BCUT2D eigenvalue weighted by molar-refractivity contribution is 5.39. The van der Waals surface area contributed by atoms with Gasteiger partial charge in [0.1, 0.15) is 23.1 Å². The van der Waals surface area contributed by atoms with Gasteiger partial charge < -0.3 is 14.9 Å². The maximum atomic E-state index is 14.2. The summed E-state index contributed by atoms with van der Waals surface area (Å²) in [6, 6.07) is 7.83. The van der Waals surface area contributed by atoms with Gasteiger partial charge in [-0.2, -0.15) is 0 Å². The lowest BCUT2D eigenvalue weighted by Crippen LogP contribution is -2.25. The Morgan fingerprint density at radius 2 is 2.00 bits per heavy atom. The van der Waals surface area contributed by atoms with E-state index in [1.807, 2.05) is 11.8 Å². The van der Waals surface area contributed by atoms with Gasteiger partial charge in [0.2, 0.25) is 0 Å². The number of halogens is 2. The number of aromatic hydroxyl groups is 1. The molecule has 2 atom stereocenters. The molecule has 3 rings (SSSR count). The number of β-amino-alcohol motifs (C(OH)–C–C–N with tert-alkyl or cyclic N) is 1. The van der Waals surface area contributed by atoms with Gasteiger partial charge in [0.05, 0.1) is 12.7 Å². The molecule has 1 heterocycles. The fraction of sp³-hybridized carbons (Fsp3) is 0.368. The fourth-order valence-electron chi connectivity index (χ4n) is 3.31. The van der Waals surface area contributed by atoms with Crippen LogP contribution >= 0.6 is 0 Å². The van der Waals surface area contributed by atoms with Crippen molar-refractivity contribution in [3.8, 4) is 11.5 Å². The first-order chi connectivity index (χ1) is 12.0. The predicted octanol–water partition coefficient (Wildman–Crippen LogP) is 3.38. The largest absolute Gasteiger partial charge is 0.508 e. The highest BCUT2D eigenvalue weighted by atomic mass is 19.1. The van der Waals surface area contributed by atoms with Crippen LogP contribution in [0.5, 0.6) is 11.5 Å². The highest BCUT2D eigenvalue weighted by Gasteiger charge is 2.34. The van der Waals surface area contributed by atoms with E-state index in [4.69, 9.17) is 4.74 Å². The smallest absolute Gasteiger partial charge is 0.128 e. The molecule has 0 aromatic heterocycles. The summed E-state index contributed by atoms with van der Waals surface area (Å²) in [5.74, 6) is -0.288. The number of nitrogens with zero attached hydrogens (tertiary/aromatic N) is 1. The van der Waals surface area contributed by atoms with E-state index in [-0.39, 0.29) is 11.3 Å². The Kier molecular flexibility index (Phi) is 5.20. The minimum atomic E-state index is -0.634. The van der Waals surface area contributed by atoms with Crippen LogP contribution in [0.1, 0.15) is 30.5 Å². The molecule has 1 saturated heterocycles. The SMILES string of the molecule is CCOc1ccc(O)c(CN2CC(O)CC2c2cc(F)ccc2F)c1. The number of phenolic OH excluding ortho intramolecular Hbond substituents is 1. The summed E-state index contributed by atoms with van der Waals surface area (Å²) < 4.78 is 33.2. The van der Waals surface area contributed by atoms with Crippen LogP contribution in [0.2, 0.25) is 0 Å². The molecule has 2 N–H and O–H groups in total. The zero-order valence-electron chi connectivity index (χ0n) is 14.0. The van der Waals surface area contributed by atoms with Crippen molar-refractivity contribution in [1.82, 2.24) is 4.90 Å². The zero-order valence-corrected chi connectivity index (χ0v) is 14.0. The number of aliphatic hydroxyl groups excluding tert-OH is 1. The van der Waals surface area contributed by atoms with Gasteiger partial charge in [0.15, 0.2) is 0 Å². The van der Waals surface area contributed by atoms with Gasteiger partial charge in [-0.05, 0) is 49.7 Å². The molecular weight excluding hydrogens is 328 g/mol. The molecule has 0 bridgehead atoms. The summed E-state index contributed by atoms with van der Waals surface area (Å²) in [5, 5.41) is 20.1. The van der Waals surface area contributed by atoms with Gasteiger partial charge in [-0.25, -0.2) is 8.78 Å². The van der Waals surface area contributed by atoms with Crippen LogP contribution in [0, 0.1) is 11.6 Å². The van der Waals surface area contributed by atoms with Crippen LogP contribution in [0.4, 0.5) is 8.78 Å². The van der Waals surface area contributed by atoms with Crippen LogP contribution in [-0.4, -0.2) is 34.4 Å². The molecule has 4 nitrogen and oxygen atoms in total. The molecule has 0 aliphatic carbocycles. The number of aliphatic hydroxyl groups is 1. The van der Waals surface area contributed by atoms with Crippen molar-refractivity contribution in [2.75, 3.05) is 13.2 Å². The van der Waals surface area contributed by atoms with Gasteiger partial charge in [-0.15, -0.1) is 0 Å². The van der Waals surface area contributed by atoms with Crippen molar-refractivity contribution >= 4 is 0 Å². The third-order valence-corrected chi connectivity index (χ3v) is 4.43. The standard InChI is InChI=1S/C19H21F2NO3/c1-2-25-15-4-6-19(24)12(7-15)10-22-11-14(23)9-18(22)16-8-13(20)3-5-17(16)21/h3-8,14,18,23-24H,2,9-11H2,1H3. The number of hydrogen-bond acceptors (Lipinski definition) is 4. The van der Waals surface area contributed by atoms with E-state index >= 15 is 0 Å². The maximum Gasteiger partial charge on any atom is 0.128 e. The van der Waals surface area contributed by atoms with Gasteiger partial charge in [-0.1, -0.05) is 0 Å². The Bertz CT molecular complexity index is 753. The van der Waals surface area contributed by atoms with Gasteiger partial charge >= 0.3 is 0 Å². The van der Waals surface area contributed by atoms with Crippen molar-refractivity contribution in [3.63, 3.8) is 0 Å². The summed E-state index contributed by atoms with van der Waals surface area (Å²) in [6.07, 6.45) is -0.323. The van der Waals surface area contributed by atoms with Crippen molar-refractivity contribution in [3.05, 3.63) is 59.2 Å². The van der Waals surface area contributed by atoms with E-state index in [0.29, 0.717) is 37.4 Å². The molecule has 1 aliphatic rings. The quantitative estimate of drug-likeness (QED) is 0.869. The number of hydrogen-bond donors (Lipinski definition) is 2. The Hall–Kier alpha value is -2.18. The van der Waals surface area contributed by atoms with E-state index in [2.05, 4.69) is 0 Å². The van der Waals surface area contributed by atoms with Crippen molar-refractivity contribution in [2.45, 2.75) is 32.0 Å². The first-order valence-corrected chi connectivity index (χ1v) is 8.29. The van der Waals surface area contributed by atoms with Crippen molar-refractivity contribution < 1.29 is 23.7 Å². The van der Waals surface area contributed by atoms with Gasteiger partial charge in [0, 0.05) is 30.3 Å². The van der Waals surface area contributed by atoms with Crippen LogP contribution in [0.3, 0.4) is 0 Å². The Balaban J connectivity index is 1.88. The summed E-state index contributed by atoms with van der Waals surface area (Å²) >= 11 is 0. The van der Waals surface area contributed by atoms with Crippen LogP contribution in [0.15, 0.2) is 36.4 Å². The molecule has 134 valence electrons. The maximum absolute atomic E-state index is 14.2. The molecule has 0 saturated carbocycles. The Morgan fingerprint density at radius 1 is 1.20 bits per heavy atom. The number of phenols is 1. The molecule has 6 heteroatoms. The van der Waals surface area contributed by atoms with E-state index in [1.165, 1.54) is 6.07 Å². The number of ether oxygens (including phenoxy) is 1. The van der Waals surface area contributed by atoms with Gasteiger partial charge in [-0.3, -0.25) is 4.90 Å². The first kappa shape index (κ1) is 17.6. The normalized spacial score (nSPS) is 20.8. The fourth-order valence-corrected chi connectivity index (χ4v) is 3.31. The van der Waals surface area contributed by atoms with E-state index < -0.39 is 23.8 Å². The number of rotatable bonds is 5. The molecular formula is C19H21F2NO3. The second-order valence-corrected chi connectivity index (χ2v) is 6.22. The topological polar surface area (TPSA) is 52.9 Å². The lowest BCUT2D eigenvalue weighted by atomic mass is 10.0. The molecule has 0 amide bonds. The molecule has 0 radical (unpaired) electrons. The highest BCUT2D eigenvalue weighted by Crippen LogP contribution is 2.36. The van der Waals surface area contributed by atoms with Crippen LogP contribution in [-0.2, 0) is 6.54 Å². The second-order valence-electron chi connectivity index (χ2n) is 6.22. The first-order valence-electron chi connectivity index (χ1n) is 8.29. The summed E-state index contributed by atoms with van der Waals surface area (Å²) in [6.45, 7) is 2.99. The van der Waals surface area contributed by atoms with E-state index in [0.717, 1.165) is 12.1 Å². The lowest BCUT2D eigenvalue weighted by Gasteiger charge is -2.25. The Morgan fingerprint density at radius 3 is 2.76 bits per heavy atom. The van der Waals surface area contributed by atoms with E-state index in [1.54, 1.807) is 18.2 Å². The van der Waals surface area contributed by atoms with Crippen molar-refractivity contribution in [1.29, 1.82) is 0 Å². The van der Waals surface area contributed by atoms with Gasteiger partial charge in [0.25, 0.3) is 0 Å². The molecule has 0 spiro atoms. The molecule has 25 heavy (non-hydrogen) atoms. The molecule has 1 aliphatic heterocycles. The molecule has 2 unspecified atom stereocenters. The predicted molar refractivity (Wildman–Crippen MR) is 89.4 cm³/mol. The minimum absolute atomic E-state index is 0.100. The average molecular weight is 349 g/mol. The van der Waals surface area contributed by atoms with Crippen molar-refractivity contribution in [2.24, 2.45) is 0 Å². The van der Waals surface area contributed by atoms with Crippen LogP contribution < -0.4 is 4.74 Å². The minimum Gasteiger partial charge on any atom is -0.508 e. The third-order valence-electron chi connectivity index (χ3n) is 4.43. The molecule has 2 aromatic rings. The third kappa shape index (κ3) is 3.91. The van der Waals surface area contributed by atoms with E-state index in [9.17, 15) is 19.0 Å². The van der Waals surface area contributed by atoms with Crippen LogP contribution in [0.25, 0.3) is 0 Å². The molecule has 1 fully saturated rings. The Labute approximate surface area is 145 Å². The summed E-state index contributed by atoms with van der Waals surface area (Å²) in [5.41, 5.74) is 0.832.